The van der Waals surface area contributed by atoms with Gasteiger partial charge < -0.3 is 9.47 Å². The van der Waals surface area contributed by atoms with E-state index in [1.807, 2.05) is 4.90 Å². The van der Waals surface area contributed by atoms with Crippen molar-refractivity contribution in [3.05, 3.63) is 94.8 Å². The number of rotatable bonds is 10. The number of hydrogen-bond acceptors (Lipinski definition) is 5. The Bertz CT molecular complexity index is 1910. The highest BCUT2D eigenvalue weighted by atomic mass is 35.5. The predicted molar refractivity (Wildman–Crippen MR) is 195 cm³/mol. The number of carbonyl (C=O) groups excluding carboxylic acids is 1. The molecule has 10 heteroatoms. The van der Waals surface area contributed by atoms with Crippen LogP contribution in [0.25, 0.3) is 11.0 Å². The zero-order valence-electron chi connectivity index (χ0n) is 28.6. The van der Waals surface area contributed by atoms with Gasteiger partial charge in [-0.15, -0.1) is 0 Å². The summed E-state index contributed by atoms with van der Waals surface area (Å²) in [7, 11) is -4.05. The molecule has 2 bridgehead atoms. The lowest BCUT2D eigenvalue weighted by Crippen LogP contribution is -2.48. The van der Waals surface area contributed by atoms with Crippen LogP contribution in [0.5, 0.6) is 0 Å². The molecule has 3 aromatic carbocycles. The van der Waals surface area contributed by atoms with Gasteiger partial charge in [-0.05, 0) is 119 Å². The summed E-state index contributed by atoms with van der Waals surface area (Å²) in [6, 6.07) is 25.7. The maximum atomic E-state index is 13.9. The Morgan fingerprint density at radius 2 is 1.63 bits per heavy atom. The van der Waals surface area contributed by atoms with Gasteiger partial charge in [0.2, 0.25) is 10.0 Å². The van der Waals surface area contributed by atoms with E-state index < -0.39 is 10.0 Å². The molecule has 260 valence electrons. The largest absolute Gasteiger partial charge is 0.336 e. The monoisotopic (exact) mass is 701 g/mol. The second-order valence-corrected chi connectivity index (χ2v) is 16.5. The number of fused-ring (bicyclic) bond motifs is 3. The van der Waals surface area contributed by atoms with Crippen LogP contribution >= 0.6 is 11.6 Å². The molecule has 49 heavy (non-hydrogen) atoms. The fourth-order valence-corrected chi connectivity index (χ4v) is 10.5. The van der Waals surface area contributed by atoms with E-state index in [-0.39, 0.29) is 27.3 Å². The maximum Gasteiger partial charge on any atom is 0.254 e. The lowest BCUT2D eigenvalue weighted by atomic mass is 9.66. The van der Waals surface area contributed by atoms with Gasteiger partial charge in [0.1, 0.15) is 10.7 Å². The highest BCUT2D eigenvalue weighted by molar-refractivity contribution is 7.89. The molecule has 3 aliphatic rings. The Morgan fingerprint density at radius 3 is 2.31 bits per heavy atom. The number of primary sulfonamides is 1. The second kappa shape index (κ2) is 13.8. The molecule has 2 atom stereocenters. The molecule has 2 N–H and O–H groups in total. The number of hydrogen-bond donors (Lipinski definition) is 1. The van der Waals surface area contributed by atoms with Crippen LogP contribution in [0.15, 0.2) is 77.7 Å². The van der Waals surface area contributed by atoms with Crippen molar-refractivity contribution in [2.45, 2.75) is 113 Å². The number of nitrogens with two attached hydrogens (primary N) is 1. The number of benzene rings is 3. The molecular weight excluding hydrogens is 654 g/mol. The molecule has 7 rings (SSSR count). The molecule has 2 aliphatic heterocycles. The topological polar surface area (TPSA) is 102 Å². The summed E-state index contributed by atoms with van der Waals surface area (Å²) in [6.07, 6.45) is 10.6. The van der Waals surface area contributed by atoms with Gasteiger partial charge in [-0.3, -0.25) is 9.69 Å². The SMILES string of the molecule is CCCN(C(=O)c1ccc(Cl)c(S(N)(=O)=O)c1)C1CCC(CCN2C3CCC2CC(n2c(C)nc4ccccc42)C3)(c2ccccc2)CC1. The van der Waals surface area contributed by atoms with Crippen molar-refractivity contribution in [3.63, 3.8) is 0 Å². The molecule has 2 unspecified atom stereocenters. The van der Waals surface area contributed by atoms with E-state index in [0.29, 0.717) is 30.2 Å². The van der Waals surface area contributed by atoms with Crippen molar-refractivity contribution >= 4 is 38.6 Å². The van der Waals surface area contributed by atoms with Gasteiger partial charge in [0.15, 0.2) is 0 Å². The van der Waals surface area contributed by atoms with Crippen molar-refractivity contribution < 1.29 is 13.2 Å². The summed E-state index contributed by atoms with van der Waals surface area (Å²) in [6.45, 7) is 5.92. The van der Waals surface area contributed by atoms with Gasteiger partial charge in [-0.2, -0.15) is 0 Å². The van der Waals surface area contributed by atoms with E-state index >= 15 is 0 Å². The van der Waals surface area contributed by atoms with Gasteiger partial charge >= 0.3 is 0 Å². The Kier molecular flexibility index (Phi) is 9.65. The van der Waals surface area contributed by atoms with E-state index in [1.165, 1.54) is 48.9 Å². The number of carbonyl (C=O) groups is 1. The first-order valence-corrected chi connectivity index (χ1v) is 19.9. The first-order chi connectivity index (χ1) is 23.6. The third kappa shape index (κ3) is 6.67. The number of halogens is 1. The third-order valence-corrected chi connectivity index (χ3v) is 13.2. The number of nitrogens with zero attached hydrogens (tertiary/aromatic N) is 4. The molecule has 1 aromatic heterocycles. The number of aromatic nitrogens is 2. The molecule has 1 aliphatic carbocycles. The van der Waals surface area contributed by atoms with Gasteiger partial charge in [0.25, 0.3) is 5.91 Å². The van der Waals surface area contributed by atoms with E-state index in [4.69, 9.17) is 21.7 Å². The predicted octanol–water partition coefficient (Wildman–Crippen LogP) is 7.64. The van der Waals surface area contributed by atoms with Crippen molar-refractivity contribution in [2.75, 3.05) is 13.1 Å². The average Bonchev–Trinajstić information content (AvgIpc) is 3.56. The van der Waals surface area contributed by atoms with Gasteiger partial charge in [0, 0.05) is 36.3 Å². The van der Waals surface area contributed by atoms with Crippen molar-refractivity contribution in [3.8, 4) is 0 Å². The van der Waals surface area contributed by atoms with E-state index in [2.05, 4.69) is 77.9 Å². The Hall–Kier alpha value is -3.24. The van der Waals surface area contributed by atoms with Crippen LogP contribution in [-0.4, -0.2) is 64.9 Å². The summed E-state index contributed by atoms with van der Waals surface area (Å²) < 4.78 is 26.8. The summed E-state index contributed by atoms with van der Waals surface area (Å²) >= 11 is 6.14. The molecule has 0 spiro atoms. The van der Waals surface area contributed by atoms with Crippen LogP contribution in [0.4, 0.5) is 0 Å². The fraction of sp³-hybridized carbons (Fsp3) is 0.487. The normalized spacial score (nSPS) is 25.9. The molecule has 8 nitrogen and oxygen atoms in total. The number of sulfonamides is 1. The van der Waals surface area contributed by atoms with E-state index in [9.17, 15) is 13.2 Å². The molecule has 1 saturated carbocycles. The molecule has 3 fully saturated rings. The van der Waals surface area contributed by atoms with E-state index in [0.717, 1.165) is 56.4 Å². The smallest absolute Gasteiger partial charge is 0.254 e. The quantitative estimate of drug-likeness (QED) is 0.183. The lowest BCUT2D eigenvalue weighted by Gasteiger charge is -2.46. The minimum atomic E-state index is -4.05. The highest BCUT2D eigenvalue weighted by Crippen LogP contribution is 2.47. The molecule has 4 aromatic rings. The summed E-state index contributed by atoms with van der Waals surface area (Å²) in [5.41, 5.74) is 4.11. The van der Waals surface area contributed by atoms with Crippen molar-refractivity contribution in [1.29, 1.82) is 0 Å². The number of para-hydroxylation sites is 2. The number of aryl methyl sites for hydroxylation is 1. The zero-order valence-corrected chi connectivity index (χ0v) is 30.2. The van der Waals surface area contributed by atoms with Crippen molar-refractivity contribution in [1.82, 2.24) is 19.4 Å². The number of amides is 1. The number of imidazole rings is 1. The lowest BCUT2D eigenvalue weighted by molar-refractivity contribution is 0.0550. The average molecular weight is 702 g/mol. The summed E-state index contributed by atoms with van der Waals surface area (Å²) in [4.78, 5) is 23.4. The molecule has 0 radical (unpaired) electrons. The Morgan fingerprint density at radius 1 is 0.959 bits per heavy atom. The van der Waals surface area contributed by atoms with Gasteiger partial charge in [-0.25, -0.2) is 18.5 Å². The minimum absolute atomic E-state index is 0.0226. The van der Waals surface area contributed by atoms with Crippen molar-refractivity contribution in [2.24, 2.45) is 5.14 Å². The standard InChI is InChI=1S/C39H48ClN5O3S/c1-3-22-44(38(46)28-13-16-34(40)37(24-28)49(41,47)48)30-17-19-39(20-18-30,29-9-5-4-6-10-29)21-23-43-31-14-15-32(43)26-33(25-31)45-27(2)42-35-11-7-8-12-36(35)45/h4-13,16,24,30-33H,3,14-15,17-23,25-26H2,1-2H3,(H2,41,47,48). The Balaban J connectivity index is 1.07. The Labute approximate surface area is 295 Å². The zero-order chi connectivity index (χ0) is 34.3. The minimum Gasteiger partial charge on any atom is -0.336 e. The highest BCUT2D eigenvalue weighted by Gasteiger charge is 2.44. The molecular formula is C39H48ClN5O3S. The molecule has 3 heterocycles. The maximum absolute atomic E-state index is 13.9. The first kappa shape index (κ1) is 34.2. The van der Waals surface area contributed by atoms with Crippen LogP contribution in [-0.2, 0) is 15.4 Å². The third-order valence-electron chi connectivity index (χ3n) is 11.8. The summed E-state index contributed by atoms with van der Waals surface area (Å²) in [5, 5.41) is 5.43. The van der Waals surface area contributed by atoms with Gasteiger partial charge in [-0.1, -0.05) is 61.0 Å². The molecule has 2 saturated heterocycles. The second-order valence-electron chi connectivity index (χ2n) is 14.6. The molecule has 1 amide bonds. The van der Waals surface area contributed by atoms with Crippen LogP contribution in [0.3, 0.4) is 0 Å². The van der Waals surface area contributed by atoms with Gasteiger partial charge in [0.05, 0.1) is 16.1 Å². The van der Waals surface area contributed by atoms with Crippen LogP contribution in [0.2, 0.25) is 5.02 Å². The van der Waals surface area contributed by atoms with E-state index in [1.54, 1.807) is 6.07 Å². The number of piperidine rings is 1. The van der Waals surface area contributed by atoms with Crippen LogP contribution in [0.1, 0.15) is 98.9 Å². The first-order valence-electron chi connectivity index (χ1n) is 18.0. The van der Waals surface area contributed by atoms with Crippen LogP contribution < -0.4 is 5.14 Å². The fourth-order valence-electron chi connectivity index (χ4n) is 9.44. The summed E-state index contributed by atoms with van der Waals surface area (Å²) in [5.74, 6) is 0.955. The van der Waals surface area contributed by atoms with Crippen LogP contribution in [0, 0.1) is 6.92 Å².